The van der Waals surface area contributed by atoms with Gasteiger partial charge in [0.25, 0.3) is 5.95 Å². The lowest BCUT2D eigenvalue weighted by molar-refractivity contribution is 0.311. The molecule has 0 unspecified atom stereocenters. The zero-order chi connectivity index (χ0) is 12.8. The van der Waals surface area contributed by atoms with Crippen LogP contribution in [0.4, 0.5) is 5.95 Å². The normalized spacial score (nSPS) is 10.3. The van der Waals surface area contributed by atoms with E-state index in [-0.39, 0.29) is 6.01 Å². The summed E-state index contributed by atoms with van der Waals surface area (Å²) in [4.78, 5) is 16.4. The van der Waals surface area contributed by atoms with E-state index in [1.54, 1.807) is 0 Å². The van der Waals surface area contributed by atoms with Gasteiger partial charge >= 0.3 is 6.01 Å². The van der Waals surface area contributed by atoms with E-state index in [0.717, 1.165) is 13.0 Å². The maximum atomic E-state index is 5.30. The molecule has 2 aromatic rings. The van der Waals surface area contributed by atoms with E-state index in [0.29, 0.717) is 18.5 Å². The van der Waals surface area contributed by atoms with Gasteiger partial charge in [-0.25, -0.2) is 4.98 Å². The molecule has 0 fully saturated rings. The van der Waals surface area contributed by atoms with E-state index < -0.39 is 0 Å². The topological polar surface area (TPSA) is 90.6 Å². The predicted octanol–water partition coefficient (Wildman–Crippen LogP) is 0.673. The van der Waals surface area contributed by atoms with Crippen molar-refractivity contribution in [2.75, 3.05) is 18.5 Å². The number of rotatable bonds is 6. The smallest absolute Gasteiger partial charge is 0.323 e. The maximum absolute atomic E-state index is 5.30. The molecule has 0 aliphatic heterocycles. The van der Waals surface area contributed by atoms with Crippen molar-refractivity contribution in [3.05, 3.63) is 12.7 Å². The molecule has 8 nitrogen and oxygen atoms in total. The summed E-state index contributed by atoms with van der Waals surface area (Å²) >= 11 is 0. The quantitative estimate of drug-likeness (QED) is 0.804. The fourth-order valence-corrected chi connectivity index (χ4v) is 1.27. The molecular formula is C10H15N7O. The molecule has 1 N–H and O–H groups in total. The number of nitrogens with zero attached hydrogens (tertiary/aromatic N) is 6. The van der Waals surface area contributed by atoms with Gasteiger partial charge in [-0.15, -0.1) is 0 Å². The average Bonchev–Trinajstić information content (AvgIpc) is 2.90. The van der Waals surface area contributed by atoms with E-state index in [2.05, 4.69) is 37.3 Å². The van der Waals surface area contributed by atoms with E-state index in [9.17, 15) is 0 Å². The Morgan fingerprint density at radius 2 is 2.17 bits per heavy atom. The molecule has 0 aliphatic rings. The van der Waals surface area contributed by atoms with E-state index in [1.165, 1.54) is 17.3 Å². The predicted molar refractivity (Wildman–Crippen MR) is 64.7 cm³/mol. The van der Waals surface area contributed by atoms with Gasteiger partial charge in [-0.1, -0.05) is 6.92 Å². The molecular weight excluding hydrogens is 234 g/mol. The van der Waals surface area contributed by atoms with Gasteiger partial charge < -0.3 is 10.1 Å². The first kappa shape index (κ1) is 12.2. The summed E-state index contributed by atoms with van der Waals surface area (Å²) in [7, 11) is 0. The molecule has 2 heterocycles. The summed E-state index contributed by atoms with van der Waals surface area (Å²) in [5.74, 6) is 0.852. The van der Waals surface area contributed by atoms with Crippen LogP contribution in [0.2, 0.25) is 0 Å². The Bertz CT molecular complexity index is 485. The van der Waals surface area contributed by atoms with Gasteiger partial charge in [0.1, 0.15) is 12.7 Å². The number of hydrogen-bond donors (Lipinski definition) is 1. The Hall–Kier alpha value is -2.25. The minimum absolute atomic E-state index is 0.275. The maximum Gasteiger partial charge on any atom is 0.323 e. The summed E-state index contributed by atoms with van der Waals surface area (Å²) in [6.45, 7) is 5.22. The van der Waals surface area contributed by atoms with Crippen molar-refractivity contribution in [1.29, 1.82) is 0 Å². The van der Waals surface area contributed by atoms with Crippen LogP contribution in [0.25, 0.3) is 5.95 Å². The first-order chi connectivity index (χ1) is 8.83. The van der Waals surface area contributed by atoms with Crippen LogP contribution in [0.15, 0.2) is 12.7 Å². The highest BCUT2D eigenvalue weighted by atomic mass is 16.5. The zero-order valence-electron chi connectivity index (χ0n) is 10.4. The summed E-state index contributed by atoms with van der Waals surface area (Å²) in [5.41, 5.74) is 0. The molecule has 0 aromatic carbocycles. The highest BCUT2D eigenvalue weighted by molar-refractivity contribution is 5.29. The van der Waals surface area contributed by atoms with Gasteiger partial charge in [0.05, 0.1) is 6.61 Å². The van der Waals surface area contributed by atoms with Crippen LogP contribution < -0.4 is 10.1 Å². The summed E-state index contributed by atoms with van der Waals surface area (Å²) in [6.07, 6.45) is 3.92. The van der Waals surface area contributed by atoms with Gasteiger partial charge in [-0.3, -0.25) is 0 Å². The summed E-state index contributed by atoms with van der Waals surface area (Å²) in [5, 5.41) is 7.07. The van der Waals surface area contributed by atoms with Gasteiger partial charge in [-0.05, 0) is 13.3 Å². The third kappa shape index (κ3) is 2.90. The Balaban J connectivity index is 2.30. The SMILES string of the molecule is CCCNc1nc(OCC)nc(-n2cncn2)n1. The highest BCUT2D eigenvalue weighted by Gasteiger charge is 2.08. The van der Waals surface area contributed by atoms with E-state index in [1.807, 2.05) is 6.92 Å². The fourth-order valence-electron chi connectivity index (χ4n) is 1.27. The van der Waals surface area contributed by atoms with Gasteiger partial charge in [0.15, 0.2) is 0 Å². The largest absolute Gasteiger partial charge is 0.464 e. The van der Waals surface area contributed by atoms with Gasteiger partial charge in [0.2, 0.25) is 5.95 Å². The molecule has 0 spiro atoms. The standard InChI is InChI=1S/C10H15N7O/c1-3-5-12-8-14-9(17-7-11-6-13-17)16-10(15-8)18-4-2/h6-7H,3-5H2,1-2H3,(H,12,14,15,16). The molecule has 2 aromatic heterocycles. The number of aromatic nitrogens is 6. The molecule has 0 radical (unpaired) electrons. The molecule has 18 heavy (non-hydrogen) atoms. The fraction of sp³-hybridized carbons (Fsp3) is 0.500. The van der Waals surface area contributed by atoms with Crippen LogP contribution in [-0.4, -0.2) is 42.9 Å². The van der Waals surface area contributed by atoms with Crippen LogP contribution in [-0.2, 0) is 0 Å². The molecule has 0 amide bonds. The molecule has 0 saturated carbocycles. The minimum atomic E-state index is 0.275. The van der Waals surface area contributed by atoms with E-state index in [4.69, 9.17) is 4.74 Å². The zero-order valence-corrected chi connectivity index (χ0v) is 10.4. The minimum Gasteiger partial charge on any atom is -0.464 e. The van der Waals surface area contributed by atoms with Crippen LogP contribution in [0.3, 0.4) is 0 Å². The first-order valence-electron chi connectivity index (χ1n) is 5.81. The molecule has 0 bridgehead atoms. The lowest BCUT2D eigenvalue weighted by Gasteiger charge is -2.07. The molecule has 8 heteroatoms. The Morgan fingerprint density at radius 3 is 2.83 bits per heavy atom. The van der Waals surface area contributed by atoms with Crippen molar-refractivity contribution in [2.24, 2.45) is 0 Å². The third-order valence-corrected chi connectivity index (χ3v) is 2.03. The number of anilines is 1. The Morgan fingerprint density at radius 1 is 1.28 bits per heavy atom. The Labute approximate surface area is 104 Å². The number of hydrogen-bond acceptors (Lipinski definition) is 7. The van der Waals surface area contributed by atoms with Gasteiger partial charge in [0, 0.05) is 6.54 Å². The molecule has 96 valence electrons. The van der Waals surface area contributed by atoms with Crippen molar-refractivity contribution >= 4 is 5.95 Å². The molecule has 0 saturated heterocycles. The first-order valence-corrected chi connectivity index (χ1v) is 5.81. The number of nitrogens with one attached hydrogen (secondary N) is 1. The molecule has 0 aliphatic carbocycles. The summed E-state index contributed by atoms with van der Waals surface area (Å²) in [6, 6.07) is 0.275. The molecule has 2 rings (SSSR count). The van der Waals surface area contributed by atoms with E-state index >= 15 is 0 Å². The second-order valence-corrected chi connectivity index (χ2v) is 3.44. The third-order valence-electron chi connectivity index (χ3n) is 2.03. The van der Waals surface area contributed by atoms with Crippen LogP contribution in [0, 0.1) is 0 Å². The van der Waals surface area contributed by atoms with Crippen LogP contribution in [0.1, 0.15) is 20.3 Å². The van der Waals surface area contributed by atoms with Crippen molar-refractivity contribution in [1.82, 2.24) is 29.7 Å². The van der Waals surface area contributed by atoms with Gasteiger partial charge in [-0.2, -0.15) is 24.7 Å². The lowest BCUT2D eigenvalue weighted by Crippen LogP contribution is -2.11. The second-order valence-electron chi connectivity index (χ2n) is 3.44. The van der Waals surface area contributed by atoms with Crippen molar-refractivity contribution in [3.63, 3.8) is 0 Å². The number of ether oxygens (including phenoxy) is 1. The van der Waals surface area contributed by atoms with Crippen molar-refractivity contribution < 1.29 is 4.74 Å². The van der Waals surface area contributed by atoms with Crippen molar-refractivity contribution in [2.45, 2.75) is 20.3 Å². The van der Waals surface area contributed by atoms with Crippen LogP contribution >= 0.6 is 0 Å². The highest BCUT2D eigenvalue weighted by Crippen LogP contribution is 2.10. The molecule has 0 atom stereocenters. The summed E-state index contributed by atoms with van der Waals surface area (Å²) < 4.78 is 6.76. The van der Waals surface area contributed by atoms with Crippen LogP contribution in [0.5, 0.6) is 6.01 Å². The monoisotopic (exact) mass is 249 g/mol. The Kier molecular flexibility index (Phi) is 4.00. The lowest BCUT2D eigenvalue weighted by atomic mass is 10.5. The average molecular weight is 249 g/mol. The second kappa shape index (κ2) is 5.89. The van der Waals surface area contributed by atoms with Crippen molar-refractivity contribution in [3.8, 4) is 12.0 Å².